The highest BCUT2D eigenvalue weighted by Crippen LogP contribution is 2.37. The minimum Gasteiger partial charge on any atom is -0.388 e. The number of nitrogens with one attached hydrogen (secondary N) is 3. The predicted molar refractivity (Wildman–Crippen MR) is 81.9 cm³/mol. The minimum absolute atomic E-state index is 0.0693. The molecule has 3 rings (SSSR count). The second kappa shape index (κ2) is 6.87. The van der Waals surface area contributed by atoms with E-state index in [9.17, 15) is 22.4 Å². The number of nitrogens with zero attached hydrogens (tertiary/aromatic N) is 1. The fourth-order valence-corrected chi connectivity index (χ4v) is 2.77. The summed E-state index contributed by atoms with van der Waals surface area (Å²) in [7, 11) is 0. The summed E-state index contributed by atoms with van der Waals surface area (Å²) in [5, 5.41) is 11.2. The van der Waals surface area contributed by atoms with Crippen LogP contribution in [0.15, 0.2) is 27.4 Å². The number of H-pyrrole nitrogens is 1. The Labute approximate surface area is 139 Å². The Kier molecular flexibility index (Phi) is 4.80. The number of aromatic amines is 1. The van der Waals surface area contributed by atoms with Gasteiger partial charge in [-0.1, -0.05) is 0 Å². The van der Waals surface area contributed by atoms with E-state index in [-0.39, 0.29) is 36.1 Å². The first-order valence-corrected chi connectivity index (χ1v) is 7.70. The molecule has 1 saturated heterocycles. The zero-order valence-electron chi connectivity index (χ0n) is 13.0. The molecule has 3 N–H and O–H groups in total. The molecule has 0 amide bonds. The molecule has 0 aliphatic carbocycles. The molecule has 0 spiro atoms. The van der Waals surface area contributed by atoms with Gasteiger partial charge in [0.2, 0.25) is 5.89 Å². The maximum atomic E-state index is 13.8. The van der Waals surface area contributed by atoms with E-state index in [0.29, 0.717) is 13.0 Å². The van der Waals surface area contributed by atoms with Crippen LogP contribution in [0.25, 0.3) is 11.5 Å². The summed E-state index contributed by atoms with van der Waals surface area (Å²) in [6, 6.07) is 3.23. The standard InChI is InChI=1S/C15H16F4N4O2/c16-11-7-20-4-3-9(11)6-21-12-5-8(13-22-23-14(24)25-13)1-2-10(12)15(17,18)19/h1-2,5,9,11,20-21H,3-4,6-7H2,(H,23,24)/t9-,11+/m0/s1. The summed E-state index contributed by atoms with van der Waals surface area (Å²) in [4.78, 5) is 11.0. The normalized spacial score (nSPS) is 21.3. The fraction of sp³-hybridized carbons (Fsp3) is 0.467. The van der Waals surface area contributed by atoms with Crippen molar-refractivity contribution in [2.75, 3.05) is 25.0 Å². The van der Waals surface area contributed by atoms with Gasteiger partial charge in [-0.25, -0.2) is 14.3 Å². The quantitative estimate of drug-likeness (QED) is 0.730. The number of piperidine rings is 1. The van der Waals surface area contributed by atoms with Crippen molar-refractivity contribution in [1.82, 2.24) is 15.5 Å². The van der Waals surface area contributed by atoms with Gasteiger partial charge in [0, 0.05) is 30.3 Å². The van der Waals surface area contributed by atoms with Crippen molar-refractivity contribution in [2.24, 2.45) is 5.92 Å². The summed E-state index contributed by atoms with van der Waals surface area (Å²) < 4.78 is 58.2. The molecular formula is C15H16F4N4O2. The lowest BCUT2D eigenvalue weighted by Crippen LogP contribution is -2.41. The summed E-state index contributed by atoms with van der Waals surface area (Å²) >= 11 is 0. The highest BCUT2D eigenvalue weighted by atomic mass is 19.4. The van der Waals surface area contributed by atoms with E-state index in [1.807, 2.05) is 5.10 Å². The lowest BCUT2D eigenvalue weighted by Gasteiger charge is -2.27. The van der Waals surface area contributed by atoms with Gasteiger partial charge in [-0.3, -0.25) is 0 Å². The molecule has 1 aromatic heterocycles. The van der Waals surface area contributed by atoms with Crippen molar-refractivity contribution < 1.29 is 22.0 Å². The molecule has 0 unspecified atom stereocenters. The van der Waals surface area contributed by atoms with Gasteiger partial charge >= 0.3 is 11.9 Å². The highest BCUT2D eigenvalue weighted by molar-refractivity contribution is 5.65. The Morgan fingerprint density at radius 2 is 2.16 bits per heavy atom. The van der Waals surface area contributed by atoms with Crippen molar-refractivity contribution in [3.63, 3.8) is 0 Å². The van der Waals surface area contributed by atoms with Crippen LogP contribution in [0, 0.1) is 5.92 Å². The summed E-state index contributed by atoms with van der Waals surface area (Å²) in [6.07, 6.45) is -5.16. The van der Waals surface area contributed by atoms with Crippen LogP contribution in [-0.2, 0) is 6.18 Å². The van der Waals surface area contributed by atoms with Crippen LogP contribution in [0.3, 0.4) is 0 Å². The second-order valence-electron chi connectivity index (χ2n) is 5.83. The molecule has 0 bridgehead atoms. The number of halogens is 4. The van der Waals surface area contributed by atoms with E-state index < -0.39 is 23.7 Å². The molecule has 136 valence electrons. The van der Waals surface area contributed by atoms with Crippen molar-refractivity contribution in [1.29, 1.82) is 0 Å². The molecule has 1 fully saturated rings. The SMILES string of the molecule is O=c1[nH]nc(-c2ccc(C(F)(F)F)c(NC[C@@H]3CCNC[C@H]3F)c2)o1. The molecule has 1 aliphatic rings. The molecule has 1 aromatic carbocycles. The Hall–Kier alpha value is -2.36. The monoisotopic (exact) mass is 360 g/mol. The van der Waals surface area contributed by atoms with E-state index in [4.69, 9.17) is 4.42 Å². The maximum absolute atomic E-state index is 13.8. The van der Waals surface area contributed by atoms with Crippen molar-refractivity contribution in [3.05, 3.63) is 34.3 Å². The van der Waals surface area contributed by atoms with Crippen LogP contribution < -0.4 is 16.4 Å². The summed E-state index contributed by atoms with van der Waals surface area (Å²) in [5.74, 6) is -1.30. The van der Waals surface area contributed by atoms with Gasteiger partial charge in [0.05, 0.1) is 5.56 Å². The minimum atomic E-state index is -4.57. The number of rotatable bonds is 4. The van der Waals surface area contributed by atoms with Gasteiger partial charge in [-0.2, -0.15) is 13.2 Å². The fourth-order valence-electron chi connectivity index (χ4n) is 2.77. The average Bonchev–Trinajstić information content (AvgIpc) is 2.99. The number of benzene rings is 1. The zero-order chi connectivity index (χ0) is 18.0. The number of hydrogen-bond donors (Lipinski definition) is 3. The Bertz CT molecular complexity index is 786. The first-order valence-electron chi connectivity index (χ1n) is 7.70. The zero-order valence-corrected chi connectivity index (χ0v) is 13.0. The average molecular weight is 360 g/mol. The third-order valence-electron chi connectivity index (χ3n) is 4.11. The Balaban J connectivity index is 1.87. The molecule has 2 heterocycles. The lowest BCUT2D eigenvalue weighted by atomic mass is 9.96. The van der Waals surface area contributed by atoms with Gasteiger partial charge in [-0.15, -0.1) is 5.10 Å². The molecule has 0 radical (unpaired) electrons. The van der Waals surface area contributed by atoms with Gasteiger partial charge in [0.15, 0.2) is 0 Å². The second-order valence-corrected chi connectivity index (χ2v) is 5.83. The molecule has 10 heteroatoms. The Morgan fingerprint density at radius 3 is 2.80 bits per heavy atom. The predicted octanol–water partition coefficient (Wildman–Crippen LogP) is 2.41. The molecule has 2 atom stereocenters. The molecule has 1 aliphatic heterocycles. The van der Waals surface area contributed by atoms with Crippen LogP contribution in [-0.4, -0.2) is 36.0 Å². The maximum Gasteiger partial charge on any atom is 0.434 e. The summed E-state index contributed by atoms with van der Waals surface area (Å²) in [6.45, 7) is 0.883. The number of aromatic nitrogens is 2. The van der Waals surface area contributed by atoms with Crippen LogP contribution in [0.5, 0.6) is 0 Å². The van der Waals surface area contributed by atoms with Crippen LogP contribution in [0.2, 0.25) is 0 Å². The topological polar surface area (TPSA) is 83.0 Å². The van der Waals surface area contributed by atoms with E-state index >= 15 is 0 Å². The van der Waals surface area contributed by atoms with Crippen LogP contribution in [0.1, 0.15) is 12.0 Å². The molecule has 0 saturated carbocycles. The van der Waals surface area contributed by atoms with Crippen LogP contribution in [0.4, 0.5) is 23.2 Å². The summed E-state index contributed by atoms with van der Waals surface area (Å²) in [5.41, 5.74) is -0.879. The van der Waals surface area contributed by atoms with Crippen molar-refractivity contribution >= 4 is 5.69 Å². The molecular weight excluding hydrogens is 344 g/mol. The number of hydrogen-bond acceptors (Lipinski definition) is 5. The number of anilines is 1. The lowest BCUT2D eigenvalue weighted by molar-refractivity contribution is -0.136. The van der Waals surface area contributed by atoms with Gasteiger partial charge < -0.3 is 15.1 Å². The molecule has 25 heavy (non-hydrogen) atoms. The molecule has 2 aromatic rings. The van der Waals surface area contributed by atoms with Crippen LogP contribution >= 0.6 is 0 Å². The third kappa shape index (κ3) is 4.01. The van der Waals surface area contributed by atoms with E-state index in [1.54, 1.807) is 0 Å². The van der Waals surface area contributed by atoms with E-state index in [2.05, 4.69) is 15.7 Å². The van der Waals surface area contributed by atoms with Crippen molar-refractivity contribution in [3.8, 4) is 11.5 Å². The van der Waals surface area contributed by atoms with Gasteiger partial charge in [-0.05, 0) is 31.2 Å². The Morgan fingerprint density at radius 1 is 1.36 bits per heavy atom. The molecule has 6 nitrogen and oxygen atoms in total. The van der Waals surface area contributed by atoms with Gasteiger partial charge in [0.25, 0.3) is 0 Å². The van der Waals surface area contributed by atoms with Crippen molar-refractivity contribution in [2.45, 2.75) is 18.8 Å². The number of alkyl halides is 4. The largest absolute Gasteiger partial charge is 0.434 e. The van der Waals surface area contributed by atoms with Gasteiger partial charge in [0.1, 0.15) is 6.17 Å². The first kappa shape index (κ1) is 17.5. The first-order chi connectivity index (χ1) is 11.8. The third-order valence-corrected chi connectivity index (χ3v) is 4.11. The highest BCUT2D eigenvalue weighted by Gasteiger charge is 2.34. The smallest absolute Gasteiger partial charge is 0.388 e. The van der Waals surface area contributed by atoms with E-state index in [0.717, 1.165) is 12.1 Å². The van der Waals surface area contributed by atoms with E-state index in [1.165, 1.54) is 6.07 Å².